The normalized spacial score (nSPS) is 12.4. The first-order valence-corrected chi connectivity index (χ1v) is 11.3. The van der Waals surface area contributed by atoms with E-state index in [1.807, 2.05) is 54.6 Å². The fourth-order valence-corrected chi connectivity index (χ4v) is 3.35. The first kappa shape index (κ1) is 26.8. The summed E-state index contributed by atoms with van der Waals surface area (Å²) < 4.78 is 9.94. The SMILES string of the molecule is CO/C=C(/C(=O)OC)c1ccccc1CO/N=C(C)/C(=N/OC)c1ccc(/C=C/c2cnccn2)cc1. The highest BCUT2D eigenvalue weighted by atomic mass is 16.6. The molecule has 190 valence electrons. The Balaban J connectivity index is 1.74. The molecule has 0 N–H and O–H groups in total. The molecule has 0 saturated heterocycles. The van der Waals surface area contributed by atoms with E-state index in [-0.39, 0.29) is 12.2 Å². The second-order valence-corrected chi connectivity index (χ2v) is 7.57. The van der Waals surface area contributed by atoms with E-state index in [2.05, 4.69) is 20.3 Å². The standard InChI is InChI=1S/C28H28N4O5/c1-20(31-37-18-23-7-5-6-8-25(23)26(19-34-2)28(33)35-3)27(32-36-4)22-12-9-21(10-13-22)11-14-24-17-29-15-16-30-24/h5-17,19H,18H2,1-4H3/b14-11+,26-19+,31-20+,32-27-. The fraction of sp³-hybridized carbons (Fsp3) is 0.179. The van der Waals surface area contributed by atoms with Crippen LogP contribution in [0.2, 0.25) is 0 Å². The lowest BCUT2D eigenvalue weighted by Gasteiger charge is -2.11. The van der Waals surface area contributed by atoms with Crippen LogP contribution in [0.5, 0.6) is 0 Å². The summed E-state index contributed by atoms with van der Waals surface area (Å²) in [6.07, 6.45) is 10.1. The molecule has 37 heavy (non-hydrogen) atoms. The molecule has 9 nitrogen and oxygen atoms in total. The molecular formula is C28H28N4O5. The largest absolute Gasteiger partial charge is 0.503 e. The minimum atomic E-state index is -0.515. The van der Waals surface area contributed by atoms with Crippen LogP contribution in [0.1, 0.15) is 34.9 Å². The van der Waals surface area contributed by atoms with Gasteiger partial charge in [0.15, 0.2) is 0 Å². The Labute approximate surface area is 215 Å². The quantitative estimate of drug-likeness (QED) is 0.123. The van der Waals surface area contributed by atoms with Crippen molar-refractivity contribution in [3.63, 3.8) is 0 Å². The number of benzene rings is 2. The highest BCUT2D eigenvalue weighted by molar-refractivity contribution is 6.47. The summed E-state index contributed by atoms with van der Waals surface area (Å²) in [6.45, 7) is 1.88. The molecule has 0 fully saturated rings. The molecule has 9 heteroatoms. The first-order valence-electron chi connectivity index (χ1n) is 11.3. The molecular weight excluding hydrogens is 472 g/mol. The van der Waals surface area contributed by atoms with E-state index in [9.17, 15) is 4.79 Å². The number of aromatic nitrogens is 2. The van der Waals surface area contributed by atoms with Gasteiger partial charge >= 0.3 is 5.97 Å². The van der Waals surface area contributed by atoms with Crippen LogP contribution in [-0.4, -0.2) is 48.7 Å². The third kappa shape index (κ3) is 7.60. The minimum absolute atomic E-state index is 0.109. The van der Waals surface area contributed by atoms with Crippen LogP contribution in [0.15, 0.2) is 83.7 Å². The van der Waals surface area contributed by atoms with Crippen molar-refractivity contribution in [3.05, 3.63) is 101 Å². The summed E-state index contributed by atoms with van der Waals surface area (Å²) in [7, 11) is 4.25. The van der Waals surface area contributed by atoms with Gasteiger partial charge in [-0.05, 0) is 24.1 Å². The van der Waals surface area contributed by atoms with Crippen molar-refractivity contribution in [1.29, 1.82) is 0 Å². The minimum Gasteiger partial charge on any atom is -0.503 e. The monoisotopic (exact) mass is 500 g/mol. The Morgan fingerprint density at radius 3 is 2.43 bits per heavy atom. The summed E-state index contributed by atoms with van der Waals surface area (Å²) in [4.78, 5) is 31.2. The zero-order chi connectivity index (χ0) is 26.5. The van der Waals surface area contributed by atoms with Gasteiger partial charge < -0.3 is 19.1 Å². The number of carbonyl (C=O) groups excluding carboxylic acids is 1. The van der Waals surface area contributed by atoms with E-state index in [4.69, 9.17) is 19.1 Å². The first-order chi connectivity index (χ1) is 18.1. The molecule has 0 saturated carbocycles. The Bertz CT molecular complexity index is 1300. The molecule has 0 atom stereocenters. The maximum absolute atomic E-state index is 12.2. The van der Waals surface area contributed by atoms with Gasteiger partial charge in [0.1, 0.15) is 30.7 Å². The van der Waals surface area contributed by atoms with E-state index in [1.54, 1.807) is 31.6 Å². The third-order valence-corrected chi connectivity index (χ3v) is 5.11. The zero-order valence-electron chi connectivity index (χ0n) is 21.1. The number of ether oxygens (including phenoxy) is 2. The molecule has 0 aliphatic rings. The topological polar surface area (TPSA) is 104 Å². The summed E-state index contributed by atoms with van der Waals surface area (Å²) >= 11 is 0. The van der Waals surface area contributed by atoms with E-state index in [1.165, 1.54) is 27.6 Å². The van der Waals surface area contributed by atoms with Crippen LogP contribution >= 0.6 is 0 Å². The highest BCUT2D eigenvalue weighted by Crippen LogP contribution is 2.22. The molecule has 0 bridgehead atoms. The van der Waals surface area contributed by atoms with Crippen LogP contribution in [0.25, 0.3) is 17.7 Å². The van der Waals surface area contributed by atoms with Gasteiger partial charge in [-0.25, -0.2) is 4.79 Å². The lowest BCUT2D eigenvalue weighted by Crippen LogP contribution is -2.13. The number of hydrogen-bond donors (Lipinski definition) is 0. The predicted molar refractivity (Wildman–Crippen MR) is 142 cm³/mol. The van der Waals surface area contributed by atoms with Crippen LogP contribution in [0, 0.1) is 0 Å². The molecule has 1 aromatic heterocycles. The second-order valence-electron chi connectivity index (χ2n) is 7.57. The lowest BCUT2D eigenvalue weighted by atomic mass is 10.0. The van der Waals surface area contributed by atoms with Crippen LogP contribution < -0.4 is 0 Å². The van der Waals surface area contributed by atoms with Gasteiger partial charge in [-0.15, -0.1) is 0 Å². The fourth-order valence-electron chi connectivity index (χ4n) is 3.35. The molecule has 1 heterocycles. The Morgan fingerprint density at radius 2 is 1.76 bits per heavy atom. The van der Waals surface area contributed by atoms with Gasteiger partial charge in [-0.1, -0.05) is 64.9 Å². The lowest BCUT2D eigenvalue weighted by molar-refractivity contribution is -0.133. The Hall–Kier alpha value is -4.79. The summed E-state index contributed by atoms with van der Waals surface area (Å²) in [5.41, 5.74) is 5.24. The van der Waals surface area contributed by atoms with E-state index >= 15 is 0 Å². The summed E-state index contributed by atoms with van der Waals surface area (Å²) in [5, 5.41) is 8.36. The molecule has 0 aliphatic heterocycles. The van der Waals surface area contributed by atoms with Crippen molar-refractivity contribution in [2.75, 3.05) is 21.3 Å². The van der Waals surface area contributed by atoms with Crippen molar-refractivity contribution in [3.8, 4) is 0 Å². The van der Waals surface area contributed by atoms with E-state index in [0.29, 0.717) is 17.0 Å². The van der Waals surface area contributed by atoms with Crippen molar-refractivity contribution in [2.24, 2.45) is 10.3 Å². The van der Waals surface area contributed by atoms with Gasteiger partial charge in [0.2, 0.25) is 0 Å². The van der Waals surface area contributed by atoms with Crippen molar-refractivity contribution < 1.29 is 23.9 Å². The molecule has 2 aromatic carbocycles. The number of hydrogen-bond acceptors (Lipinski definition) is 9. The van der Waals surface area contributed by atoms with Gasteiger partial charge in [0, 0.05) is 23.5 Å². The molecule has 0 amide bonds. The number of nitrogens with zero attached hydrogens (tertiary/aromatic N) is 4. The van der Waals surface area contributed by atoms with Gasteiger partial charge in [-0.3, -0.25) is 9.97 Å². The van der Waals surface area contributed by atoms with Crippen LogP contribution in [-0.2, 0) is 30.6 Å². The maximum atomic E-state index is 12.2. The number of rotatable bonds is 11. The maximum Gasteiger partial charge on any atom is 0.341 e. The van der Waals surface area contributed by atoms with Crippen molar-refractivity contribution in [1.82, 2.24) is 9.97 Å². The number of carbonyl (C=O) groups is 1. The van der Waals surface area contributed by atoms with Crippen LogP contribution in [0.4, 0.5) is 0 Å². The Morgan fingerprint density at radius 1 is 0.973 bits per heavy atom. The van der Waals surface area contributed by atoms with E-state index in [0.717, 1.165) is 22.4 Å². The van der Waals surface area contributed by atoms with Crippen molar-refractivity contribution >= 4 is 35.1 Å². The highest BCUT2D eigenvalue weighted by Gasteiger charge is 2.17. The Kier molecular flexibility index (Phi) is 10.1. The smallest absolute Gasteiger partial charge is 0.341 e. The third-order valence-electron chi connectivity index (χ3n) is 5.11. The zero-order valence-corrected chi connectivity index (χ0v) is 21.1. The van der Waals surface area contributed by atoms with Gasteiger partial charge in [-0.2, -0.15) is 0 Å². The summed E-state index contributed by atoms with van der Waals surface area (Å²) in [6, 6.07) is 15.0. The van der Waals surface area contributed by atoms with Gasteiger partial charge in [0.25, 0.3) is 0 Å². The molecule has 0 unspecified atom stereocenters. The molecule has 0 radical (unpaired) electrons. The average Bonchev–Trinajstić information content (AvgIpc) is 2.94. The molecule has 3 aromatic rings. The summed E-state index contributed by atoms with van der Waals surface area (Å²) in [5.74, 6) is -0.515. The van der Waals surface area contributed by atoms with Crippen molar-refractivity contribution in [2.45, 2.75) is 13.5 Å². The van der Waals surface area contributed by atoms with E-state index < -0.39 is 5.97 Å². The second kappa shape index (κ2) is 13.9. The van der Waals surface area contributed by atoms with Gasteiger partial charge in [0.05, 0.1) is 32.4 Å². The predicted octanol–water partition coefficient (Wildman–Crippen LogP) is 4.75. The number of esters is 1. The molecule has 3 rings (SSSR count). The van der Waals surface area contributed by atoms with Crippen LogP contribution in [0.3, 0.4) is 0 Å². The molecule has 0 aliphatic carbocycles. The molecule has 0 spiro atoms. The number of oxime groups is 2. The average molecular weight is 501 g/mol. The number of methoxy groups -OCH3 is 2.